The van der Waals surface area contributed by atoms with Gasteiger partial charge in [0.2, 0.25) is 0 Å². The van der Waals surface area contributed by atoms with Crippen LogP contribution < -0.4 is 5.73 Å². The summed E-state index contributed by atoms with van der Waals surface area (Å²) in [6, 6.07) is -0.731. The van der Waals surface area contributed by atoms with Gasteiger partial charge in [-0.1, -0.05) is 0 Å². The molecule has 11 heavy (non-hydrogen) atoms. The number of carboxylic acid groups (broad SMARTS) is 1. The summed E-state index contributed by atoms with van der Waals surface area (Å²) in [6.45, 7) is 1.42. The van der Waals surface area contributed by atoms with E-state index in [0.717, 1.165) is 0 Å². The van der Waals surface area contributed by atoms with Crippen molar-refractivity contribution in [1.82, 2.24) is 0 Å². The van der Waals surface area contributed by atoms with Gasteiger partial charge in [0.15, 0.2) is 0 Å². The van der Waals surface area contributed by atoms with Crippen LogP contribution in [0.4, 0.5) is 0 Å². The van der Waals surface area contributed by atoms with Crippen LogP contribution in [0.5, 0.6) is 0 Å². The molecule has 7 nitrogen and oxygen atoms in total. The van der Waals surface area contributed by atoms with E-state index in [9.17, 15) is 4.79 Å². The third-order valence-electron chi connectivity index (χ3n) is 0.390. The van der Waals surface area contributed by atoms with Crippen molar-refractivity contribution in [3.63, 3.8) is 0 Å². The summed E-state index contributed by atoms with van der Waals surface area (Å²) in [4.78, 5) is 17.8. The molecule has 0 rings (SSSR count). The number of hydrogen-bond acceptors (Lipinski definition) is 5. The van der Waals surface area contributed by atoms with Crippen molar-refractivity contribution in [1.29, 1.82) is 0 Å². The van der Waals surface area contributed by atoms with Crippen LogP contribution in [0.15, 0.2) is 0 Å². The Bertz CT molecular complexity index is 123. The quantitative estimate of drug-likeness (QED) is 0.359. The van der Waals surface area contributed by atoms with Gasteiger partial charge >= 0.3 is 28.3 Å². The summed E-state index contributed by atoms with van der Waals surface area (Å²) in [5, 5.41) is 22.6. The molecule has 0 aromatic heterocycles. The second-order valence-electron chi connectivity index (χ2n) is 1.35. The maximum atomic E-state index is 9.57. The molecule has 0 aliphatic heterocycles. The first-order chi connectivity index (χ1) is 4.37. The fourth-order valence-electron chi connectivity index (χ4n) is 0. The van der Waals surface area contributed by atoms with E-state index in [1.54, 1.807) is 0 Å². The molecule has 0 saturated carbocycles. The molecular weight excluding hydrogens is 252 g/mol. The van der Waals surface area contributed by atoms with Gasteiger partial charge in [0.1, 0.15) is 6.04 Å². The van der Waals surface area contributed by atoms with Gasteiger partial charge in [0, 0.05) is 0 Å². The van der Waals surface area contributed by atoms with Gasteiger partial charge in [0.25, 0.3) is 0 Å². The zero-order valence-electron chi connectivity index (χ0n) is 5.48. The minimum absolute atomic E-state index is 0. The van der Waals surface area contributed by atoms with E-state index in [2.05, 4.69) is 0 Å². The summed E-state index contributed by atoms with van der Waals surface area (Å²) < 4.78 is 0. The van der Waals surface area contributed by atoms with Crippen LogP contribution in [0, 0.1) is 15.3 Å². The topological polar surface area (TPSA) is 130 Å². The molecule has 0 aromatic carbocycles. The Morgan fingerprint density at radius 1 is 1.64 bits per heavy atom. The third-order valence-corrected chi connectivity index (χ3v) is 0.390. The summed E-state index contributed by atoms with van der Waals surface area (Å²) in [5.74, 6) is -0.963. The Hall–Kier alpha value is -0.630. The van der Waals surface area contributed by atoms with Crippen LogP contribution in [-0.2, 0) is 27.2 Å². The van der Waals surface area contributed by atoms with Gasteiger partial charge in [-0.3, -0.25) is 4.79 Å². The number of carbonyl (C=O) groups is 1. The van der Waals surface area contributed by atoms with Gasteiger partial charge in [-0.25, -0.2) is 0 Å². The Morgan fingerprint density at radius 3 is 1.73 bits per heavy atom. The van der Waals surface area contributed by atoms with E-state index in [1.165, 1.54) is 6.92 Å². The molecule has 0 saturated heterocycles. The number of aliphatic carboxylic acids is 1. The fourth-order valence-corrected chi connectivity index (χ4v) is 0. The predicted octanol–water partition coefficient (Wildman–Crippen LogP) is -0.823. The van der Waals surface area contributed by atoms with Crippen LogP contribution in [0.25, 0.3) is 0 Å². The maximum Gasteiger partial charge on any atom is 1.00 e. The molecular formula is C3H7AgN2O5. The summed E-state index contributed by atoms with van der Waals surface area (Å²) in [5.41, 5.74) is 4.84. The van der Waals surface area contributed by atoms with Crippen molar-refractivity contribution in [2.45, 2.75) is 13.0 Å². The van der Waals surface area contributed by atoms with Crippen molar-refractivity contribution in [3.05, 3.63) is 15.3 Å². The summed E-state index contributed by atoms with van der Waals surface area (Å²) in [7, 11) is 0. The summed E-state index contributed by atoms with van der Waals surface area (Å²) >= 11 is 0. The predicted molar refractivity (Wildman–Crippen MR) is 31.6 cm³/mol. The van der Waals surface area contributed by atoms with Crippen LogP contribution in [-0.4, -0.2) is 22.2 Å². The molecule has 0 unspecified atom stereocenters. The van der Waals surface area contributed by atoms with Crippen molar-refractivity contribution in [2.24, 2.45) is 5.73 Å². The largest absolute Gasteiger partial charge is 1.00 e. The van der Waals surface area contributed by atoms with Crippen LogP contribution in [0.1, 0.15) is 6.92 Å². The van der Waals surface area contributed by atoms with Crippen molar-refractivity contribution >= 4 is 5.97 Å². The standard InChI is InChI=1S/C3H7NO2.Ag.NO3/c1-2(4)3(5)6;;2-1(3)4/h2H,4H2,1H3,(H,5,6);;/q;+1;-1/t2-;;/m0../s1. The third kappa shape index (κ3) is 44.8. The van der Waals surface area contributed by atoms with E-state index in [-0.39, 0.29) is 22.4 Å². The molecule has 0 bridgehead atoms. The molecule has 8 heteroatoms. The van der Waals surface area contributed by atoms with E-state index in [0.29, 0.717) is 0 Å². The normalized spacial score (nSPS) is 9.64. The van der Waals surface area contributed by atoms with Gasteiger partial charge in [-0.15, -0.1) is 0 Å². The van der Waals surface area contributed by atoms with Crippen LogP contribution in [0.2, 0.25) is 0 Å². The molecule has 0 aromatic rings. The van der Waals surface area contributed by atoms with E-state index >= 15 is 0 Å². The fraction of sp³-hybridized carbons (Fsp3) is 0.667. The number of rotatable bonds is 1. The van der Waals surface area contributed by atoms with Gasteiger partial charge < -0.3 is 26.2 Å². The van der Waals surface area contributed by atoms with Gasteiger partial charge in [-0.2, -0.15) is 0 Å². The molecule has 70 valence electrons. The molecule has 0 heterocycles. The average molecular weight is 259 g/mol. The number of carboxylic acids is 1. The van der Waals surface area contributed by atoms with E-state index in [1.807, 2.05) is 0 Å². The number of nitrogens with zero attached hydrogens (tertiary/aromatic N) is 1. The van der Waals surface area contributed by atoms with Crippen molar-refractivity contribution in [2.75, 3.05) is 0 Å². The zero-order valence-corrected chi connectivity index (χ0v) is 6.97. The van der Waals surface area contributed by atoms with Crippen molar-refractivity contribution < 1.29 is 37.4 Å². The molecule has 0 spiro atoms. The first-order valence-corrected chi connectivity index (χ1v) is 2.17. The smallest absolute Gasteiger partial charge is 0.480 e. The SMILES string of the molecule is C[C@H](N)C(=O)O.O=[N+]([O-])[O-].[Ag+]. The molecule has 0 radical (unpaired) electrons. The molecule has 0 aliphatic rings. The zero-order chi connectivity index (χ0) is 8.73. The minimum Gasteiger partial charge on any atom is -0.480 e. The Labute approximate surface area is 77.8 Å². The van der Waals surface area contributed by atoms with E-state index < -0.39 is 17.1 Å². The molecule has 0 fully saturated rings. The minimum atomic E-state index is -1.75. The molecule has 3 N–H and O–H groups in total. The second-order valence-corrected chi connectivity index (χ2v) is 1.35. The molecule has 1 atom stereocenters. The van der Waals surface area contributed by atoms with Crippen LogP contribution >= 0.6 is 0 Å². The monoisotopic (exact) mass is 258 g/mol. The molecule has 0 aliphatic carbocycles. The van der Waals surface area contributed by atoms with Gasteiger partial charge in [-0.05, 0) is 6.92 Å². The number of nitrogens with two attached hydrogens (primary N) is 1. The van der Waals surface area contributed by atoms with Gasteiger partial charge in [0.05, 0.1) is 5.09 Å². The number of hydrogen-bond donors (Lipinski definition) is 2. The Morgan fingerprint density at radius 2 is 1.73 bits per heavy atom. The maximum absolute atomic E-state index is 9.57. The Balaban J connectivity index is -0.000000114. The first-order valence-electron chi connectivity index (χ1n) is 2.17. The molecule has 0 amide bonds. The first kappa shape index (κ1) is 16.8. The average Bonchev–Trinajstić information content (AvgIpc) is 1.63. The van der Waals surface area contributed by atoms with Crippen molar-refractivity contribution in [3.8, 4) is 0 Å². The second kappa shape index (κ2) is 9.37. The summed E-state index contributed by atoms with van der Waals surface area (Å²) in [6.07, 6.45) is 0. The van der Waals surface area contributed by atoms with E-state index in [4.69, 9.17) is 26.2 Å². The Kier molecular flexibility index (Phi) is 14.3. The van der Waals surface area contributed by atoms with Crippen LogP contribution in [0.3, 0.4) is 0 Å².